The Hall–Kier alpha value is -0.240. The molecule has 1 heterocycles. The van der Waals surface area contributed by atoms with Gasteiger partial charge in [0.05, 0.1) is 12.5 Å². The Labute approximate surface area is 53.5 Å². The summed E-state index contributed by atoms with van der Waals surface area (Å²) in [6.45, 7) is 1.66. The number of nitrogens with zero attached hydrogens (tertiary/aromatic N) is 1. The molecule has 0 unspecified atom stereocenters. The van der Waals surface area contributed by atoms with Crippen LogP contribution in [0.2, 0.25) is 0 Å². The summed E-state index contributed by atoms with van der Waals surface area (Å²) in [4.78, 5) is 4.01. The van der Waals surface area contributed by atoms with Crippen molar-refractivity contribution in [3.63, 3.8) is 0 Å². The van der Waals surface area contributed by atoms with E-state index in [-0.39, 0.29) is 0 Å². The highest BCUT2D eigenvalue weighted by molar-refractivity contribution is 6.27. The molecule has 0 amide bonds. The molecule has 0 aromatic carbocycles. The molecule has 8 heavy (non-hydrogen) atoms. The summed E-state index contributed by atoms with van der Waals surface area (Å²) in [6.07, 6.45) is 1.03. The lowest BCUT2D eigenvalue weighted by atomic mass is 10.4. The third-order valence-electron chi connectivity index (χ3n) is 0.974. The van der Waals surface area contributed by atoms with Crippen LogP contribution in [0.15, 0.2) is 4.99 Å². The quantitative estimate of drug-likeness (QED) is 0.490. The van der Waals surface area contributed by atoms with Crippen molar-refractivity contribution in [1.29, 1.82) is 0 Å². The van der Waals surface area contributed by atoms with Gasteiger partial charge in [-0.2, -0.15) is 0 Å². The maximum atomic E-state index is 5.42. The topological polar surface area (TPSA) is 21.6 Å². The van der Waals surface area contributed by atoms with Crippen molar-refractivity contribution in [3.05, 3.63) is 0 Å². The van der Waals surface area contributed by atoms with E-state index in [1.165, 1.54) is 0 Å². The first-order chi connectivity index (χ1) is 3.93. The molecule has 0 radical (unpaired) electrons. The first-order valence-corrected chi connectivity index (χ1v) is 3.19. The maximum Gasteiger partial charge on any atom is 0.198 e. The van der Waals surface area contributed by atoms with Gasteiger partial charge in [-0.1, -0.05) is 0 Å². The average molecular weight is 134 g/mol. The Balaban J connectivity index is 2.37. The second-order valence-corrected chi connectivity index (χ2v) is 1.88. The smallest absolute Gasteiger partial charge is 0.198 e. The number of hydrogen-bond donors (Lipinski definition) is 0. The normalized spacial score (nSPS) is 19.4. The number of rotatable bonds is 1. The van der Waals surface area contributed by atoms with Gasteiger partial charge in [-0.05, 0) is 0 Å². The summed E-state index contributed by atoms with van der Waals surface area (Å²) in [6, 6.07) is 0. The van der Waals surface area contributed by atoms with Gasteiger partial charge < -0.3 is 4.74 Å². The molecule has 46 valence electrons. The Bertz CT molecular complexity index is 103. The zero-order valence-electron chi connectivity index (χ0n) is 4.56. The lowest BCUT2D eigenvalue weighted by Gasteiger charge is -2.10. The molecule has 0 N–H and O–H groups in total. The lowest BCUT2D eigenvalue weighted by Crippen LogP contribution is -2.14. The molecule has 0 saturated carbocycles. The van der Waals surface area contributed by atoms with Gasteiger partial charge in [0, 0.05) is 13.0 Å². The van der Waals surface area contributed by atoms with Gasteiger partial charge in [0.25, 0.3) is 0 Å². The number of alkyl halides is 1. The Kier molecular flexibility index (Phi) is 2.15. The monoisotopic (exact) mass is 133 g/mol. The molecule has 0 atom stereocenters. The summed E-state index contributed by atoms with van der Waals surface area (Å²) >= 11 is 5.42. The minimum Gasteiger partial charge on any atom is -0.480 e. The summed E-state index contributed by atoms with van der Waals surface area (Å²) in [5, 5.41) is 0. The van der Waals surface area contributed by atoms with Crippen LogP contribution in [0.3, 0.4) is 0 Å². The first kappa shape index (κ1) is 5.89. The van der Waals surface area contributed by atoms with E-state index in [1.54, 1.807) is 0 Å². The standard InChI is InChI=1S/C5H8ClNO/c6-4-5-7-2-1-3-8-5/h1-4H2. The highest BCUT2D eigenvalue weighted by atomic mass is 35.5. The van der Waals surface area contributed by atoms with Crippen LogP contribution in [0.4, 0.5) is 0 Å². The Morgan fingerprint density at radius 1 is 1.75 bits per heavy atom. The number of halogens is 1. The van der Waals surface area contributed by atoms with Gasteiger partial charge in [0.1, 0.15) is 0 Å². The van der Waals surface area contributed by atoms with Crippen molar-refractivity contribution < 1.29 is 4.74 Å². The van der Waals surface area contributed by atoms with E-state index in [1.807, 2.05) is 0 Å². The predicted octanol–water partition coefficient (Wildman–Crippen LogP) is 1.04. The number of aliphatic imine (C=N–C) groups is 1. The minimum absolute atomic E-state index is 0.417. The Morgan fingerprint density at radius 2 is 2.62 bits per heavy atom. The van der Waals surface area contributed by atoms with Crippen molar-refractivity contribution in [3.8, 4) is 0 Å². The Morgan fingerprint density at radius 3 is 3.00 bits per heavy atom. The van der Waals surface area contributed by atoms with E-state index in [4.69, 9.17) is 16.3 Å². The van der Waals surface area contributed by atoms with Crippen LogP contribution in [0.1, 0.15) is 6.42 Å². The summed E-state index contributed by atoms with van der Waals surface area (Å²) in [5.74, 6) is 1.11. The van der Waals surface area contributed by atoms with E-state index in [9.17, 15) is 0 Å². The molecule has 0 bridgehead atoms. The molecule has 3 heteroatoms. The van der Waals surface area contributed by atoms with Gasteiger partial charge >= 0.3 is 0 Å². The van der Waals surface area contributed by atoms with E-state index in [2.05, 4.69) is 4.99 Å². The first-order valence-electron chi connectivity index (χ1n) is 2.65. The van der Waals surface area contributed by atoms with E-state index < -0.39 is 0 Å². The molecule has 0 aromatic rings. The fourth-order valence-corrected chi connectivity index (χ4v) is 0.746. The molecular weight excluding hydrogens is 126 g/mol. The summed E-state index contributed by atoms with van der Waals surface area (Å²) in [5.41, 5.74) is 0. The predicted molar refractivity (Wildman–Crippen MR) is 33.6 cm³/mol. The van der Waals surface area contributed by atoms with E-state index in [0.29, 0.717) is 11.8 Å². The van der Waals surface area contributed by atoms with Crippen LogP contribution in [-0.2, 0) is 4.74 Å². The van der Waals surface area contributed by atoms with Crippen LogP contribution >= 0.6 is 11.6 Å². The van der Waals surface area contributed by atoms with Crippen LogP contribution in [0, 0.1) is 0 Å². The van der Waals surface area contributed by atoms with Gasteiger partial charge in [-0.15, -0.1) is 11.6 Å². The highest BCUT2D eigenvalue weighted by Crippen LogP contribution is 1.97. The summed E-state index contributed by atoms with van der Waals surface area (Å²) in [7, 11) is 0. The minimum atomic E-state index is 0.417. The molecule has 1 aliphatic heterocycles. The summed E-state index contributed by atoms with van der Waals surface area (Å²) < 4.78 is 5.05. The largest absolute Gasteiger partial charge is 0.480 e. The number of hydrogen-bond acceptors (Lipinski definition) is 2. The van der Waals surface area contributed by atoms with Crippen molar-refractivity contribution in [2.24, 2.45) is 4.99 Å². The molecule has 0 aromatic heterocycles. The fourth-order valence-electron chi connectivity index (χ4n) is 0.585. The van der Waals surface area contributed by atoms with Crippen LogP contribution < -0.4 is 0 Å². The van der Waals surface area contributed by atoms with Crippen molar-refractivity contribution >= 4 is 17.5 Å². The van der Waals surface area contributed by atoms with Crippen LogP contribution in [0.5, 0.6) is 0 Å². The molecular formula is C5H8ClNO. The lowest BCUT2D eigenvalue weighted by molar-refractivity contribution is 0.281. The van der Waals surface area contributed by atoms with E-state index in [0.717, 1.165) is 19.6 Å². The van der Waals surface area contributed by atoms with Crippen LogP contribution in [-0.4, -0.2) is 24.9 Å². The SMILES string of the molecule is ClCC1=NCCCO1. The molecule has 2 nitrogen and oxygen atoms in total. The molecule has 0 aliphatic carbocycles. The molecule has 1 aliphatic rings. The molecule has 0 fully saturated rings. The average Bonchev–Trinajstić information content (AvgIpc) is 1.90. The third-order valence-corrected chi connectivity index (χ3v) is 1.20. The second-order valence-electron chi connectivity index (χ2n) is 1.61. The zero-order chi connectivity index (χ0) is 5.82. The van der Waals surface area contributed by atoms with E-state index >= 15 is 0 Å². The van der Waals surface area contributed by atoms with Gasteiger partial charge in [0.15, 0.2) is 5.90 Å². The van der Waals surface area contributed by atoms with Crippen molar-refractivity contribution in [2.45, 2.75) is 6.42 Å². The zero-order valence-corrected chi connectivity index (χ0v) is 5.32. The fraction of sp³-hybridized carbons (Fsp3) is 0.800. The van der Waals surface area contributed by atoms with Gasteiger partial charge in [0.2, 0.25) is 0 Å². The molecule has 0 spiro atoms. The maximum absolute atomic E-state index is 5.42. The van der Waals surface area contributed by atoms with Crippen molar-refractivity contribution in [2.75, 3.05) is 19.0 Å². The van der Waals surface area contributed by atoms with Crippen molar-refractivity contribution in [1.82, 2.24) is 0 Å². The van der Waals surface area contributed by atoms with Gasteiger partial charge in [-0.3, -0.25) is 4.99 Å². The number of ether oxygens (including phenoxy) is 1. The molecule has 0 saturated heterocycles. The third kappa shape index (κ3) is 1.37. The highest BCUT2D eigenvalue weighted by Gasteiger charge is 2.01. The second kappa shape index (κ2) is 2.92. The van der Waals surface area contributed by atoms with Crippen LogP contribution in [0.25, 0.3) is 0 Å². The van der Waals surface area contributed by atoms with Gasteiger partial charge in [-0.25, -0.2) is 0 Å². The molecule has 1 rings (SSSR count).